The second kappa shape index (κ2) is 7.65. The summed E-state index contributed by atoms with van der Waals surface area (Å²) >= 11 is 0. The smallest absolute Gasteiger partial charge is 0.119 e. The first-order chi connectivity index (χ1) is 9.85. The van der Waals surface area contributed by atoms with Gasteiger partial charge in [0.2, 0.25) is 0 Å². The van der Waals surface area contributed by atoms with Gasteiger partial charge in [0, 0.05) is 13.0 Å². The average molecular weight is 274 g/mol. The van der Waals surface area contributed by atoms with Crippen LogP contribution in [0.25, 0.3) is 0 Å². The van der Waals surface area contributed by atoms with Crippen molar-refractivity contribution in [1.29, 1.82) is 0 Å². The van der Waals surface area contributed by atoms with Crippen molar-refractivity contribution in [2.24, 2.45) is 0 Å². The zero-order valence-electron chi connectivity index (χ0n) is 12.1. The lowest BCUT2D eigenvalue weighted by atomic mass is 10.1. The van der Waals surface area contributed by atoms with Crippen molar-refractivity contribution in [3.63, 3.8) is 0 Å². The van der Waals surface area contributed by atoms with Gasteiger partial charge in [-0.3, -0.25) is 0 Å². The predicted octanol–water partition coefficient (Wildman–Crippen LogP) is 2.42. The summed E-state index contributed by atoms with van der Waals surface area (Å²) in [6.07, 6.45) is 3.76. The molecule has 108 valence electrons. The van der Waals surface area contributed by atoms with Crippen LogP contribution in [0.15, 0.2) is 36.5 Å². The Hall–Kier alpha value is -1.88. The summed E-state index contributed by atoms with van der Waals surface area (Å²) in [5, 5.41) is 11.4. The average Bonchev–Trinajstić information content (AvgIpc) is 2.93. The fourth-order valence-corrected chi connectivity index (χ4v) is 2.17. The Morgan fingerprint density at radius 2 is 2.10 bits per heavy atom. The molecule has 5 nitrogen and oxygen atoms in total. The number of para-hydroxylation sites is 1. The van der Waals surface area contributed by atoms with Crippen molar-refractivity contribution in [2.45, 2.75) is 32.4 Å². The summed E-state index contributed by atoms with van der Waals surface area (Å²) in [7, 11) is 1.95. The quantitative estimate of drug-likeness (QED) is 0.803. The van der Waals surface area contributed by atoms with Crippen molar-refractivity contribution >= 4 is 0 Å². The SMILES string of the molecule is CCCn1nncc1C(CCOc1ccccc1)NC. The number of aryl methyl sites for hydroxylation is 1. The first-order valence-corrected chi connectivity index (χ1v) is 7.08. The maximum absolute atomic E-state index is 5.75. The maximum atomic E-state index is 5.75. The Balaban J connectivity index is 1.90. The predicted molar refractivity (Wildman–Crippen MR) is 78.7 cm³/mol. The van der Waals surface area contributed by atoms with Gasteiger partial charge in [0.05, 0.1) is 24.5 Å². The van der Waals surface area contributed by atoms with Crippen LogP contribution in [-0.2, 0) is 6.54 Å². The molecule has 0 fully saturated rings. The number of benzene rings is 1. The van der Waals surface area contributed by atoms with Gasteiger partial charge in [-0.25, -0.2) is 4.68 Å². The Bertz CT molecular complexity index is 498. The van der Waals surface area contributed by atoms with Crippen LogP contribution < -0.4 is 10.1 Å². The molecule has 5 heteroatoms. The molecule has 0 aliphatic carbocycles. The number of aromatic nitrogens is 3. The van der Waals surface area contributed by atoms with E-state index in [1.165, 1.54) is 0 Å². The summed E-state index contributed by atoms with van der Waals surface area (Å²) in [4.78, 5) is 0. The molecule has 0 spiro atoms. The lowest BCUT2D eigenvalue weighted by Crippen LogP contribution is -2.22. The lowest BCUT2D eigenvalue weighted by molar-refractivity contribution is 0.286. The number of hydrogen-bond acceptors (Lipinski definition) is 4. The Labute approximate surface area is 120 Å². The highest BCUT2D eigenvalue weighted by molar-refractivity contribution is 5.20. The molecule has 0 bridgehead atoms. The molecular weight excluding hydrogens is 252 g/mol. The minimum Gasteiger partial charge on any atom is -0.494 e. The van der Waals surface area contributed by atoms with E-state index in [4.69, 9.17) is 4.74 Å². The van der Waals surface area contributed by atoms with E-state index in [1.54, 1.807) is 0 Å². The molecule has 1 unspecified atom stereocenters. The first kappa shape index (κ1) is 14.5. The molecule has 20 heavy (non-hydrogen) atoms. The van der Waals surface area contributed by atoms with Crippen LogP contribution in [0.3, 0.4) is 0 Å². The summed E-state index contributed by atoms with van der Waals surface area (Å²) in [5.74, 6) is 0.905. The van der Waals surface area contributed by atoms with Gasteiger partial charge < -0.3 is 10.1 Å². The van der Waals surface area contributed by atoms with Gasteiger partial charge in [-0.15, -0.1) is 5.10 Å². The zero-order chi connectivity index (χ0) is 14.2. The van der Waals surface area contributed by atoms with Gasteiger partial charge in [0.15, 0.2) is 0 Å². The Morgan fingerprint density at radius 3 is 2.80 bits per heavy atom. The topological polar surface area (TPSA) is 52.0 Å². The molecule has 1 heterocycles. The second-order valence-corrected chi connectivity index (χ2v) is 4.67. The molecule has 1 aromatic heterocycles. The number of ether oxygens (including phenoxy) is 1. The van der Waals surface area contributed by atoms with Crippen molar-refractivity contribution in [2.75, 3.05) is 13.7 Å². The van der Waals surface area contributed by atoms with Crippen LogP contribution in [0.2, 0.25) is 0 Å². The lowest BCUT2D eigenvalue weighted by Gasteiger charge is -2.17. The molecule has 2 rings (SSSR count). The van der Waals surface area contributed by atoms with Crippen LogP contribution in [-0.4, -0.2) is 28.6 Å². The monoisotopic (exact) mass is 274 g/mol. The highest BCUT2D eigenvalue weighted by atomic mass is 16.5. The summed E-state index contributed by atoms with van der Waals surface area (Å²) < 4.78 is 7.71. The normalized spacial score (nSPS) is 12.3. The molecule has 1 N–H and O–H groups in total. The molecule has 0 aliphatic heterocycles. The molecule has 0 saturated heterocycles. The van der Waals surface area contributed by atoms with Crippen LogP contribution >= 0.6 is 0 Å². The van der Waals surface area contributed by atoms with E-state index in [0.717, 1.165) is 30.8 Å². The summed E-state index contributed by atoms with van der Waals surface area (Å²) in [6.45, 7) is 3.69. The van der Waals surface area contributed by atoms with Gasteiger partial charge in [-0.2, -0.15) is 0 Å². The van der Waals surface area contributed by atoms with E-state index in [-0.39, 0.29) is 6.04 Å². The fraction of sp³-hybridized carbons (Fsp3) is 0.467. The largest absolute Gasteiger partial charge is 0.494 e. The van der Waals surface area contributed by atoms with Crippen LogP contribution in [0.1, 0.15) is 31.5 Å². The van der Waals surface area contributed by atoms with Crippen molar-refractivity contribution in [1.82, 2.24) is 20.3 Å². The van der Waals surface area contributed by atoms with Gasteiger partial charge in [-0.05, 0) is 25.6 Å². The fourth-order valence-electron chi connectivity index (χ4n) is 2.17. The minimum atomic E-state index is 0.209. The van der Waals surface area contributed by atoms with E-state index in [0.29, 0.717) is 6.61 Å². The molecule has 0 amide bonds. The third kappa shape index (κ3) is 3.81. The maximum Gasteiger partial charge on any atom is 0.119 e. The van der Waals surface area contributed by atoms with Gasteiger partial charge in [0.1, 0.15) is 5.75 Å². The molecule has 0 radical (unpaired) electrons. The zero-order valence-corrected chi connectivity index (χ0v) is 12.1. The van der Waals surface area contributed by atoms with E-state index < -0.39 is 0 Å². The van der Waals surface area contributed by atoms with Gasteiger partial charge in [-0.1, -0.05) is 30.3 Å². The van der Waals surface area contributed by atoms with Crippen molar-refractivity contribution in [3.8, 4) is 5.75 Å². The van der Waals surface area contributed by atoms with E-state index in [1.807, 2.05) is 48.3 Å². The molecule has 1 atom stereocenters. The highest BCUT2D eigenvalue weighted by Crippen LogP contribution is 2.17. The van der Waals surface area contributed by atoms with E-state index in [9.17, 15) is 0 Å². The molecule has 2 aromatic rings. The van der Waals surface area contributed by atoms with Crippen molar-refractivity contribution in [3.05, 3.63) is 42.2 Å². The number of nitrogens with one attached hydrogen (secondary N) is 1. The summed E-state index contributed by atoms with van der Waals surface area (Å²) in [5.41, 5.74) is 1.12. The number of hydrogen-bond donors (Lipinski definition) is 1. The van der Waals surface area contributed by atoms with E-state index in [2.05, 4.69) is 22.6 Å². The van der Waals surface area contributed by atoms with Crippen LogP contribution in [0.5, 0.6) is 5.75 Å². The highest BCUT2D eigenvalue weighted by Gasteiger charge is 2.15. The van der Waals surface area contributed by atoms with Crippen LogP contribution in [0, 0.1) is 0 Å². The van der Waals surface area contributed by atoms with Crippen LogP contribution in [0.4, 0.5) is 0 Å². The van der Waals surface area contributed by atoms with Crippen molar-refractivity contribution < 1.29 is 4.74 Å². The molecule has 0 aliphatic rings. The molecule has 1 aromatic carbocycles. The minimum absolute atomic E-state index is 0.209. The third-order valence-corrected chi connectivity index (χ3v) is 3.21. The second-order valence-electron chi connectivity index (χ2n) is 4.67. The Kier molecular flexibility index (Phi) is 5.55. The van der Waals surface area contributed by atoms with Gasteiger partial charge >= 0.3 is 0 Å². The third-order valence-electron chi connectivity index (χ3n) is 3.21. The van der Waals surface area contributed by atoms with Gasteiger partial charge in [0.25, 0.3) is 0 Å². The Morgan fingerprint density at radius 1 is 1.30 bits per heavy atom. The molecule has 0 saturated carbocycles. The summed E-state index contributed by atoms with van der Waals surface area (Å²) in [6, 6.07) is 10.1. The first-order valence-electron chi connectivity index (χ1n) is 7.08. The standard InChI is InChI=1S/C15H22N4O/c1-3-10-19-15(12-17-18-19)14(16-2)9-11-20-13-7-5-4-6-8-13/h4-8,12,14,16H,3,9-11H2,1-2H3. The number of nitrogens with zero attached hydrogens (tertiary/aromatic N) is 3. The number of rotatable bonds is 8. The molecular formula is C15H22N4O. The van der Waals surface area contributed by atoms with E-state index >= 15 is 0 Å².